The van der Waals surface area contributed by atoms with Crippen molar-refractivity contribution in [1.29, 1.82) is 0 Å². The van der Waals surface area contributed by atoms with E-state index in [1.807, 2.05) is 18.2 Å². The van der Waals surface area contributed by atoms with Crippen molar-refractivity contribution >= 4 is 34.2 Å². The van der Waals surface area contributed by atoms with Gasteiger partial charge < -0.3 is 5.32 Å². The van der Waals surface area contributed by atoms with E-state index in [1.54, 1.807) is 6.20 Å². The Bertz CT molecular complexity index is 1020. The molecule has 2 aromatic heterocycles. The Morgan fingerprint density at radius 3 is 2.83 bits per heavy atom. The van der Waals surface area contributed by atoms with Crippen molar-refractivity contribution in [3.8, 4) is 0 Å². The summed E-state index contributed by atoms with van der Waals surface area (Å²) >= 11 is 5.90. The third-order valence-corrected chi connectivity index (χ3v) is 5.45. The molecule has 0 saturated heterocycles. The molecule has 3 aromatic rings. The minimum absolute atomic E-state index is 0.0471. The fourth-order valence-corrected chi connectivity index (χ4v) is 4.16. The predicted octanol–water partition coefficient (Wildman–Crippen LogP) is 3.36. The maximum absolute atomic E-state index is 12.7. The second-order valence-corrected chi connectivity index (χ2v) is 6.81. The Labute approximate surface area is 143 Å². The maximum atomic E-state index is 12.7. The number of fused-ring (bicyclic) bond motifs is 4. The summed E-state index contributed by atoms with van der Waals surface area (Å²) in [6, 6.07) is 12.2. The summed E-state index contributed by atoms with van der Waals surface area (Å²) in [7, 11) is 0. The molecular weight excluding hydrogens is 322 g/mol. The van der Waals surface area contributed by atoms with E-state index in [9.17, 15) is 4.79 Å². The highest BCUT2D eigenvalue weighted by molar-refractivity contribution is 6.17. The number of rotatable bonds is 1. The molecule has 0 radical (unpaired) electrons. The standard InChI is InChI=1S/C19H14ClN3O/c20-10-14-4-3-11-6-12-8-19(9-13(12)7-16(11)22-14)15-2-1-5-21-17(15)23-18(19)24/h1-7H,8-10H2,(H,21,23,24). The van der Waals surface area contributed by atoms with Gasteiger partial charge in [-0.3, -0.25) is 9.78 Å². The molecule has 24 heavy (non-hydrogen) atoms. The first-order valence-electron chi connectivity index (χ1n) is 7.94. The average Bonchev–Trinajstić information content (AvgIpc) is 3.10. The summed E-state index contributed by atoms with van der Waals surface area (Å²) in [5.74, 6) is 1.14. The van der Waals surface area contributed by atoms with Gasteiger partial charge in [-0.1, -0.05) is 12.1 Å². The zero-order valence-corrected chi connectivity index (χ0v) is 13.6. The van der Waals surface area contributed by atoms with Crippen molar-refractivity contribution in [2.24, 2.45) is 0 Å². The van der Waals surface area contributed by atoms with E-state index in [0.717, 1.165) is 22.2 Å². The third-order valence-electron chi connectivity index (χ3n) is 5.18. The van der Waals surface area contributed by atoms with Crippen molar-refractivity contribution in [3.63, 3.8) is 0 Å². The van der Waals surface area contributed by atoms with Gasteiger partial charge in [0.25, 0.3) is 0 Å². The lowest BCUT2D eigenvalue weighted by Crippen LogP contribution is -2.35. The molecule has 3 heterocycles. The van der Waals surface area contributed by atoms with Crippen molar-refractivity contribution < 1.29 is 4.79 Å². The highest BCUT2D eigenvalue weighted by Gasteiger charge is 2.51. The van der Waals surface area contributed by atoms with E-state index in [2.05, 4.69) is 33.5 Å². The van der Waals surface area contributed by atoms with Crippen molar-refractivity contribution in [2.75, 3.05) is 5.32 Å². The van der Waals surface area contributed by atoms with Gasteiger partial charge >= 0.3 is 0 Å². The molecule has 1 N–H and O–H groups in total. The molecule has 2 aliphatic rings. The lowest BCUT2D eigenvalue weighted by atomic mass is 9.79. The molecule has 4 nitrogen and oxygen atoms in total. The summed E-state index contributed by atoms with van der Waals surface area (Å²) in [5, 5.41) is 4.03. The summed E-state index contributed by atoms with van der Waals surface area (Å²) < 4.78 is 0. The van der Waals surface area contributed by atoms with Gasteiger partial charge in [0.05, 0.1) is 22.5 Å². The highest BCUT2D eigenvalue weighted by Crippen LogP contribution is 2.47. The van der Waals surface area contributed by atoms with Gasteiger partial charge in [-0.2, -0.15) is 0 Å². The molecule has 0 bridgehead atoms. The minimum Gasteiger partial charge on any atom is -0.310 e. The molecule has 1 aliphatic carbocycles. The first kappa shape index (κ1) is 13.9. The molecule has 1 atom stereocenters. The number of benzene rings is 1. The zero-order valence-electron chi connectivity index (χ0n) is 12.8. The van der Waals surface area contributed by atoms with Crippen LogP contribution in [-0.4, -0.2) is 15.9 Å². The molecular formula is C19H14ClN3O. The number of halogens is 1. The summed E-state index contributed by atoms with van der Waals surface area (Å²) in [5.41, 5.74) is 4.69. The molecule has 1 aromatic carbocycles. The minimum atomic E-state index is -0.529. The van der Waals surface area contributed by atoms with Crippen LogP contribution in [-0.2, 0) is 28.9 Å². The van der Waals surface area contributed by atoms with Crippen molar-refractivity contribution in [3.05, 3.63) is 65.0 Å². The van der Waals surface area contributed by atoms with Crippen LogP contribution in [0.5, 0.6) is 0 Å². The number of hydrogen-bond donors (Lipinski definition) is 1. The van der Waals surface area contributed by atoms with Crippen LogP contribution in [0.3, 0.4) is 0 Å². The van der Waals surface area contributed by atoms with Gasteiger partial charge in [0.2, 0.25) is 5.91 Å². The first-order chi connectivity index (χ1) is 11.7. The van der Waals surface area contributed by atoms with Crippen LogP contribution in [0.4, 0.5) is 5.82 Å². The summed E-state index contributed by atoms with van der Waals surface area (Å²) in [6.45, 7) is 0. The van der Waals surface area contributed by atoms with Crippen LogP contribution in [0.15, 0.2) is 42.6 Å². The number of anilines is 1. The topological polar surface area (TPSA) is 54.9 Å². The molecule has 1 amide bonds. The normalized spacial score (nSPS) is 21.1. The smallest absolute Gasteiger partial charge is 0.237 e. The first-order valence-corrected chi connectivity index (χ1v) is 8.47. The molecule has 1 spiro atoms. The van der Waals surface area contributed by atoms with E-state index >= 15 is 0 Å². The Hall–Kier alpha value is -2.46. The van der Waals surface area contributed by atoms with Gasteiger partial charge in [0, 0.05) is 17.1 Å². The summed E-state index contributed by atoms with van der Waals surface area (Å²) in [4.78, 5) is 21.6. The second kappa shape index (κ2) is 4.77. The Morgan fingerprint density at radius 2 is 2.00 bits per heavy atom. The molecule has 1 aliphatic heterocycles. The van der Waals surface area contributed by atoms with E-state index in [-0.39, 0.29) is 5.91 Å². The Morgan fingerprint density at radius 1 is 1.17 bits per heavy atom. The molecule has 0 fully saturated rings. The van der Waals surface area contributed by atoms with E-state index in [1.165, 1.54) is 11.1 Å². The molecule has 5 rings (SSSR count). The monoisotopic (exact) mass is 335 g/mol. The number of amides is 1. The number of nitrogens with zero attached hydrogens (tertiary/aromatic N) is 2. The van der Waals surface area contributed by atoms with E-state index in [0.29, 0.717) is 24.5 Å². The number of hydrogen-bond acceptors (Lipinski definition) is 3. The summed E-state index contributed by atoms with van der Waals surface area (Å²) in [6.07, 6.45) is 3.11. The van der Waals surface area contributed by atoms with Crippen LogP contribution >= 0.6 is 11.6 Å². The molecule has 118 valence electrons. The van der Waals surface area contributed by atoms with Crippen LogP contribution in [0.2, 0.25) is 0 Å². The molecule has 0 saturated carbocycles. The number of alkyl halides is 1. The van der Waals surface area contributed by atoms with Crippen LogP contribution in [0, 0.1) is 0 Å². The predicted molar refractivity (Wildman–Crippen MR) is 93.3 cm³/mol. The second-order valence-electron chi connectivity index (χ2n) is 6.54. The highest BCUT2D eigenvalue weighted by atomic mass is 35.5. The lowest BCUT2D eigenvalue weighted by molar-refractivity contribution is -0.120. The average molecular weight is 336 g/mol. The third kappa shape index (κ3) is 1.77. The van der Waals surface area contributed by atoms with Crippen molar-refractivity contribution in [2.45, 2.75) is 24.1 Å². The Kier molecular flexibility index (Phi) is 2.77. The number of nitrogens with one attached hydrogen (secondary N) is 1. The quantitative estimate of drug-likeness (QED) is 0.694. The number of aromatic nitrogens is 2. The Balaban J connectivity index is 1.66. The van der Waals surface area contributed by atoms with Crippen LogP contribution < -0.4 is 5.32 Å². The van der Waals surface area contributed by atoms with Gasteiger partial charge in [-0.25, -0.2) is 4.98 Å². The largest absolute Gasteiger partial charge is 0.310 e. The van der Waals surface area contributed by atoms with Crippen LogP contribution in [0.1, 0.15) is 22.4 Å². The fourth-order valence-electron chi connectivity index (χ4n) is 4.01. The maximum Gasteiger partial charge on any atom is 0.237 e. The number of pyridine rings is 2. The zero-order chi connectivity index (χ0) is 16.3. The SMILES string of the molecule is O=C1Nc2ncccc2C12Cc1cc3ccc(CCl)nc3cc1C2. The lowest BCUT2D eigenvalue weighted by Gasteiger charge is -2.20. The number of carbonyl (C=O) groups is 1. The van der Waals surface area contributed by atoms with Gasteiger partial charge in [-0.05, 0) is 48.2 Å². The van der Waals surface area contributed by atoms with Crippen molar-refractivity contribution in [1.82, 2.24) is 9.97 Å². The van der Waals surface area contributed by atoms with E-state index < -0.39 is 5.41 Å². The van der Waals surface area contributed by atoms with Gasteiger partial charge in [-0.15, -0.1) is 11.6 Å². The number of carbonyl (C=O) groups excluding carboxylic acids is 1. The molecule has 1 unspecified atom stereocenters. The molecule has 5 heteroatoms. The van der Waals surface area contributed by atoms with Crippen LogP contribution in [0.25, 0.3) is 10.9 Å². The van der Waals surface area contributed by atoms with E-state index in [4.69, 9.17) is 11.6 Å². The van der Waals surface area contributed by atoms with Gasteiger partial charge in [0.1, 0.15) is 5.82 Å². The van der Waals surface area contributed by atoms with Gasteiger partial charge in [0.15, 0.2) is 0 Å². The fraction of sp³-hybridized carbons (Fsp3) is 0.211.